The molecule has 0 aliphatic carbocycles. The Kier molecular flexibility index (Phi) is 6.86. The first-order valence-corrected chi connectivity index (χ1v) is 11.1. The van der Waals surface area contributed by atoms with Gasteiger partial charge in [0.2, 0.25) is 15.9 Å². The summed E-state index contributed by atoms with van der Waals surface area (Å²) >= 11 is 0. The minimum absolute atomic E-state index is 0.0289. The Morgan fingerprint density at radius 2 is 1.50 bits per heavy atom. The first-order chi connectivity index (χ1) is 14.3. The summed E-state index contributed by atoms with van der Waals surface area (Å²) in [6.45, 7) is 0.921. The van der Waals surface area contributed by atoms with Gasteiger partial charge in [0, 0.05) is 32.6 Å². The van der Waals surface area contributed by atoms with Crippen LogP contribution in [0.1, 0.15) is 12.8 Å². The average Bonchev–Trinajstić information content (AvgIpc) is 2.78. The third kappa shape index (κ3) is 5.05. The molecule has 2 aromatic carbocycles. The number of nitrogens with two attached hydrogens (primary N) is 1. The van der Waals surface area contributed by atoms with E-state index in [1.165, 1.54) is 4.31 Å². The van der Waals surface area contributed by atoms with Crippen molar-refractivity contribution in [2.75, 3.05) is 26.2 Å². The number of carbonyl (C=O) groups excluding carboxylic acids is 1. The van der Waals surface area contributed by atoms with Crippen LogP contribution in [0.15, 0.2) is 59.5 Å². The molecule has 0 unspecified atom stereocenters. The van der Waals surface area contributed by atoms with Crippen LogP contribution < -0.4 is 5.73 Å². The lowest BCUT2D eigenvalue weighted by molar-refractivity contribution is -0.139. The maximum absolute atomic E-state index is 12.9. The molecule has 0 bridgehead atoms. The minimum atomic E-state index is -3.65. The maximum atomic E-state index is 12.9. The van der Waals surface area contributed by atoms with Gasteiger partial charge in [-0.05, 0) is 29.7 Å². The Bertz CT molecular complexity index is 985. The SMILES string of the molecule is N[C@@H](CCC(=O)N1CCN(S(=O)(=O)c2ccc(-c3ccccc3)cc2)CC1)C(=O)O. The monoisotopic (exact) mass is 431 g/mol. The van der Waals surface area contributed by atoms with Gasteiger partial charge in [-0.15, -0.1) is 0 Å². The smallest absolute Gasteiger partial charge is 0.320 e. The highest BCUT2D eigenvalue weighted by atomic mass is 32.2. The number of hydrogen-bond donors (Lipinski definition) is 2. The Balaban J connectivity index is 1.59. The Labute approximate surface area is 176 Å². The van der Waals surface area contributed by atoms with E-state index in [9.17, 15) is 18.0 Å². The van der Waals surface area contributed by atoms with Crippen LogP contribution in [-0.2, 0) is 19.6 Å². The Morgan fingerprint density at radius 1 is 0.933 bits per heavy atom. The van der Waals surface area contributed by atoms with E-state index in [-0.39, 0.29) is 49.8 Å². The molecule has 3 rings (SSSR count). The molecule has 30 heavy (non-hydrogen) atoms. The van der Waals surface area contributed by atoms with Crippen LogP contribution >= 0.6 is 0 Å². The number of sulfonamides is 1. The number of carboxylic acid groups (broad SMARTS) is 1. The van der Waals surface area contributed by atoms with Crippen LogP contribution in [-0.4, -0.2) is 66.8 Å². The summed E-state index contributed by atoms with van der Waals surface area (Å²) in [6.07, 6.45) is 0.0849. The van der Waals surface area contributed by atoms with E-state index in [4.69, 9.17) is 10.8 Å². The molecule has 8 nitrogen and oxygen atoms in total. The first kappa shape index (κ1) is 21.9. The molecule has 0 spiro atoms. The zero-order valence-electron chi connectivity index (χ0n) is 16.5. The van der Waals surface area contributed by atoms with Crippen LogP contribution in [0.2, 0.25) is 0 Å². The maximum Gasteiger partial charge on any atom is 0.320 e. The van der Waals surface area contributed by atoms with Crippen molar-refractivity contribution in [3.63, 3.8) is 0 Å². The molecular formula is C21H25N3O5S. The van der Waals surface area contributed by atoms with Crippen LogP contribution in [0.3, 0.4) is 0 Å². The molecule has 9 heteroatoms. The molecule has 1 fully saturated rings. The van der Waals surface area contributed by atoms with E-state index >= 15 is 0 Å². The van der Waals surface area contributed by atoms with Gasteiger partial charge in [0.15, 0.2) is 0 Å². The molecule has 1 aliphatic rings. The second-order valence-electron chi connectivity index (χ2n) is 7.16. The number of benzene rings is 2. The summed E-state index contributed by atoms with van der Waals surface area (Å²) in [4.78, 5) is 24.8. The fraction of sp³-hybridized carbons (Fsp3) is 0.333. The molecule has 1 saturated heterocycles. The topological polar surface area (TPSA) is 121 Å². The van der Waals surface area contributed by atoms with Crippen molar-refractivity contribution >= 4 is 21.9 Å². The number of nitrogens with zero attached hydrogens (tertiary/aromatic N) is 2. The highest BCUT2D eigenvalue weighted by molar-refractivity contribution is 7.89. The van der Waals surface area contributed by atoms with Crippen LogP contribution in [0, 0.1) is 0 Å². The van der Waals surface area contributed by atoms with E-state index in [1.807, 2.05) is 30.3 Å². The number of piperazine rings is 1. The molecule has 1 heterocycles. The molecule has 1 atom stereocenters. The lowest BCUT2D eigenvalue weighted by atomic mass is 10.1. The summed E-state index contributed by atoms with van der Waals surface area (Å²) in [5.41, 5.74) is 7.37. The molecule has 2 aromatic rings. The fourth-order valence-corrected chi connectivity index (χ4v) is 4.76. The quantitative estimate of drug-likeness (QED) is 0.683. The van der Waals surface area contributed by atoms with Crippen molar-refractivity contribution in [1.29, 1.82) is 0 Å². The molecule has 3 N–H and O–H groups in total. The molecule has 1 amide bonds. The second-order valence-corrected chi connectivity index (χ2v) is 9.10. The van der Waals surface area contributed by atoms with Crippen molar-refractivity contribution < 1.29 is 23.1 Å². The van der Waals surface area contributed by atoms with Gasteiger partial charge in [0.25, 0.3) is 0 Å². The van der Waals surface area contributed by atoms with Gasteiger partial charge in [-0.1, -0.05) is 42.5 Å². The first-order valence-electron chi connectivity index (χ1n) is 9.71. The van der Waals surface area contributed by atoms with Gasteiger partial charge >= 0.3 is 5.97 Å². The van der Waals surface area contributed by atoms with E-state index in [2.05, 4.69) is 0 Å². The highest BCUT2D eigenvalue weighted by Gasteiger charge is 2.30. The van der Waals surface area contributed by atoms with Crippen molar-refractivity contribution in [1.82, 2.24) is 9.21 Å². The molecule has 0 saturated carbocycles. The highest BCUT2D eigenvalue weighted by Crippen LogP contribution is 2.23. The zero-order valence-corrected chi connectivity index (χ0v) is 17.3. The lowest BCUT2D eigenvalue weighted by Crippen LogP contribution is -2.50. The number of carbonyl (C=O) groups is 2. The second kappa shape index (κ2) is 9.38. The van der Waals surface area contributed by atoms with Gasteiger partial charge in [-0.2, -0.15) is 4.31 Å². The normalized spacial score (nSPS) is 16.2. The predicted molar refractivity (Wildman–Crippen MR) is 112 cm³/mol. The zero-order chi connectivity index (χ0) is 21.7. The number of carboxylic acids is 1. The standard InChI is InChI=1S/C21H25N3O5S/c22-19(21(26)27)10-11-20(25)23-12-14-24(15-13-23)30(28,29)18-8-6-17(7-9-18)16-4-2-1-3-5-16/h1-9,19H,10-15,22H2,(H,26,27)/t19-/m0/s1. The van der Waals surface area contributed by atoms with Crippen molar-refractivity contribution in [2.24, 2.45) is 5.73 Å². The van der Waals surface area contributed by atoms with E-state index in [0.29, 0.717) is 0 Å². The molecule has 0 radical (unpaired) electrons. The van der Waals surface area contributed by atoms with Crippen LogP contribution in [0.4, 0.5) is 0 Å². The summed E-state index contributed by atoms with van der Waals surface area (Å²) in [5, 5.41) is 8.80. The third-order valence-electron chi connectivity index (χ3n) is 5.18. The van der Waals surface area contributed by atoms with Gasteiger partial charge in [0.1, 0.15) is 6.04 Å². The molecule has 1 aliphatic heterocycles. The predicted octanol–water partition coefficient (Wildman–Crippen LogP) is 1.38. The number of rotatable bonds is 7. The number of amides is 1. The molecule has 160 valence electrons. The number of hydrogen-bond acceptors (Lipinski definition) is 5. The van der Waals surface area contributed by atoms with Gasteiger partial charge in [-0.3, -0.25) is 9.59 Å². The van der Waals surface area contributed by atoms with Gasteiger partial charge in [-0.25, -0.2) is 8.42 Å². The van der Waals surface area contributed by atoms with E-state index < -0.39 is 22.0 Å². The summed E-state index contributed by atoms with van der Waals surface area (Å²) in [7, 11) is -3.65. The van der Waals surface area contributed by atoms with Crippen molar-refractivity contribution in [3.05, 3.63) is 54.6 Å². The summed E-state index contributed by atoms with van der Waals surface area (Å²) in [5.74, 6) is -1.35. The summed E-state index contributed by atoms with van der Waals surface area (Å²) in [6, 6.07) is 15.4. The van der Waals surface area contributed by atoms with Crippen LogP contribution in [0.25, 0.3) is 11.1 Å². The minimum Gasteiger partial charge on any atom is -0.480 e. The van der Waals surface area contributed by atoms with E-state index in [1.54, 1.807) is 29.2 Å². The largest absolute Gasteiger partial charge is 0.480 e. The summed E-state index contributed by atoms with van der Waals surface area (Å²) < 4.78 is 27.3. The third-order valence-corrected chi connectivity index (χ3v) is 7.09. The fourth-order valence-electron chi connectivity index (χ4n) is 3.34. The molecule has 0 aromatic heterocycles. The van der Waals surface area contributed by atoms with E-state index in [0.717, 1.165) is 11.1 Å². The van der Waals surface area contributed by atoms with Gasteiger partial charge < -0.3 is 15.7 Å². The van der Waals surface area contributed by atoms with Gasteiger partial charge in [0.05, 0.1) is 4.90 Å². The van der Waals surface area contributed by atoms with Crippen molar-refractivity contribution in [3.8, 4) is 11.1 Å². The average molecular weight is 432 g/mol. The molecular weight excluding hydrogens is 406 g/mol. The van der Waals surface area contributed by atoms with Crippen LogP contribution in [0.5, 0.6) is 0 Å². The Hall–Kier alpha value is -2.75. The Morgan fingerprint density at radius 3 is 2.07 bits per heavy atom. The lowest BCUT2D eigenvalue weighted by Gasteiger charge is -2.34. The van der Waals surface area contributed by atoms with Crippen molar-refractivity contribution in [2.45, 2.75) is 23.8 Å². The number of aliphatic carboxylic acids is 1.